The van der Waals surface area contributed by atoms with Crippen LogP contribution in [-0.4, -0.2) is 40.2 Å². The van der Waals surface area contributed by atoms with E-state index in [9.17, 15) is 13.2 Å². The van der Waals surface area contributed by atoms with E-state index < -0.39 is 16.0 Å². The molecule has 0 radical (unpaired) electrons. The molecule has 0 aliphatic heterocycles. The van der Waals surface area contributed by atoms with Gasteiger partial charge < -0.3 is 19.2 Å². The second-order valence-electron chi connectivity index (χ2n) is 5.47. The lowest BCUT2D eigenvalue weighted by Crippen LogP contribution is -2.18. The third-order valence-electron chi connectivity index (χ3n) is 3.72. The van der Waals surface area contributed by atoms with Gasteiger partial charge in [-0.2, -0.15) is 0 Å². The van der Waals surface area contributed by atoms with Crippen molar-refractivity contribution in [1.82, 2.24) is 4.98 Å². The first kappa shape index (κ1) is 19.6. The van der Waals surface area contributed by atoms with Gasteiger partial charge in [-0.3, -0.25) is 4.72 Å². The van der Waals surface area contributed by atoms with Gasteiger partial charge in [0.25, 0.3) is 10.0 Å². The molecule has 0 bridgehead atoms. The van der Waals surface area contributed by atoms with Crippen LogP contribution in [-0.2, 0) is 14.8 Å². The number of ether oxygens (including phenoxy) is 3. The molecule has 2 N–H and O–H groups in total. The highest BCUT2D eigenvalue weighted by Gasteiger charge is 2.30. The van der Waals surface area contributed by atoms with Gasteiger partial charge in [-0.25, -0.2) is 13.2 Å². The molecule has 9 heteroatoms. The number of hydrogen-bond donors (Lipinski definition) is 2. The SMILES string of the molecule is CCOC(=O)c1c(C)[nH]c(C)c1S(=O)(=O)Nc1ccc(OC)cc1OC. The van der Waals surface area contributed by atoms with Crippen LogP contribution in [0.2, 0.25) is 0 Å². The van der Waals surface area contributed by atoms with Crippen molar-refractivity contribution in [3.63, 3.8) is 0 Å². The summed E-state index contributed by atoms with van der Waals surface area (Å²) >= 11 is 0. The Morgan fingerprint density at radius 3 is 2.42 bits per heavy atom. The molecule has 2 aromatic rings. The summed E-state index contributed by atoms with van der Waals surface area (Å²) in [5, 5.41) is 0. The Labute approximate surface area is 152 Å². The molecule has 0 aliphatic rings. The van der Waals surface area contributed by atoms with E-state index in [1.165, 1.54) is 20.3 Å². The number of aromatic amines is 1. The molecule has 0 unspecified atom stereocenters. The second kappa shape index (κ2) is 7.69. The van der Waals surface area contributed by atoms with Crippen LogP contribution < -0.4 is 14.2 Å². The van der Waals surface area contributed by atoms with E-state index in [-0.39, 0.29) is 28.5 Å². The number of carbonyl (C=O) groups is 1. The van der Waals surface area contributed by atoms with Crippen LogP contribution in [0.4, 0.5) is 5.69 Å². The van der Waals surface area contributed by atoms with E-state index in [0.717, 1.165) is 0 Å². The molecule has 8 nitrogen and oxygen atoms in total. The minimum atomic E-state index is -4.07. The zero-order valence-electron chi connectivity index (χ0n) is 15.3. The Bertz CT molecular complexity index is 918. The number of carbonyl (C=O) groups excluding carboxylic acids is 1. The Kier molecular flexibility index (Phi) is 5.81. The average molecular weight is 382 g/mol. The molecule has 0 aliphatic carbocycles. The zero-order valence-corrected chi connectivity index (χ0v) is 16.1. The fourth-order valence-corrected chi connectivity index (χ4v) is 4.14. The molecule has 26 heavy (non-hydrogen) atoms. The second-order valence-corrected chi connectivity index (χ2v) is 7.09. The van der Waals surface area contributed by atoms with Crippen LogP contribution >= 0.6 is 0 Å². The number of H-pyrrole nitrogens is 1. The number of hydrogen-bond acceptors (Lipinski definition) is 6. The number of nitrogens with one attached hydrogen (secondary N) is 2. The summed E-state index contributed by atoms with van der Waals surface area (Å²) in [6.45, 7) is 4.99. The van der Waals surface area contributed by atoms with Crippen LogP contribution in [0.5, 0.6) is 11.5 Å². The van der Waals surface area contributed by atoms with Gasteiger partial charge in [-0.05, 0) is 32.9 Å². The van der Waals surface area contributed by atoms with Gasteiger partial charge in [0.1, 0.15) is 22.0 Å². The van der Waals surface area contributed by atoms with E-state index in [1.807, 2.05) is 0 Å². The monoisotopic (exact) mass is 382 g/mol. The van der Waals surface area contributed by atoms with Crippen molar-refractivity contribution < 1.29 is 27.4 Å². The Balaban J connectivity index is 2.51. The molecule has 0 fully saturated rings. The lowest BCUT2D eigenvalue weighted by molar-refractivity contribution is 0.0521. The smallest absolute Gasteiger partial charge is 0.341 e. The van der Waals surface area contributed by atoms with Crippen molar-refractivity contribution >= 4 is 21.7 Å². The third-order valence-corrected chi connectivity index (χ3v) is 5.26. The molecular formula is C17H22N2O6S. The van der Waals surface area contributed by atoms with Crippen molar-refractivity contribution in [2.45, 2.75) is 25.7 Å². The summed E-state index contributed by atoms with van der Waals surface area (Å²) in [7, 11) is -1.16. The summed E-state index contributed by atoms with van der Waals surface area (Å²) < 4.78 is 43.7. The number of aromatic nitrogens is 1. The molecule has 0 spiro atoms. The lowest BCUT2D eigenvalue weighted by Gasteiger charge is -2.14. The Morgan fingerprint density at radius 2 is 1.85 bits per heavy atom. The van der Waals surface area contributed by atoms with Gasteiger partial charge in [0, 0.05) is 17.5 Å². The highest BCUT2D eigenvalue weighted by Crippen LogP contribution is 2.33. The van der Waals surface area contributed by atoms with Crippen LogP contribution in [0.15, 0.2) is 23.1 Å². The van der Waals surface area contributed by atoms with Crippen LogP contribution in [0.25, 0.3) is 0 Å². The van der Waals surface area contributed by atoms with Gasteiger partial charge in [-0.1, -0.05) is 0 Å². The highest BCUT2D eigenvalue weighted by molar-refractivity contribution is 7.92. The van der Waals surface area contributed by atoms with Gasteiger partial charge in [0.05, 0.1) is 26.5 Å². The number of sulfonamides is 1. The van der Waals surface area contributed by atoms with Crippen LogP contribution in [0.3, 0.4) is 0 Å². The van der Waals surface area contributed by atoms with Crippen LogP contribution in [0.1, 0.15) is 28.7 Å². The molecule has 0 atom stereocenters. The summed E-state index contributed by atoms with van der Waals surface area (Å²) in [4.78, 5) is 15.0. The van der Waals surface area contributed by atoms with Gasteiger partial charge >= 0.3 is 5.97 Å². The van der Waals surface area contributed by atoms with E-state index in [4.69, 9.17) is 14.2 Å². The fraction of sp³-hybridized carbons (Fsp3) is 0.353. The first-order chi connectivity index (χ1) is 12.2. The molecule has 2 rings (SSSR count). The van der Waals surface area contributed by atoms with Crippen molar-refractivity contribution in [3.8, 4) is 11.5 Å². The quantitative estimate of drug-likeness (QED) is 0.713. The summed E-state index contributed by atoms with van der Waals surface area (Å²) in [5.74, 6) is 0.109. The zero-order chi connectivity index (χ0) is 19.5. The van der Waals surface area contributed by atoms with Crippen molar-refractivity contribution in [2.24, 2.45) is 0 Å². The predicted molar refractivity (Wildman–Crippen MR) is 96.6 cm³/mol. The van der Waals surface area contributed by atoms with Crippen LogP contribution in [0, 0.1) is 13.8 Å². The normalized spacial score (nSPS) is 11.1. The predicted octanol–water partition coefficient (Wildman–Crippen LogP) is 2.63. The topological polar surface area (TPSA) is 107 Å². The van der Waals surface area contributed by atoms with E-state index in [1.54, 1.807) is 32.9 Å². The largest absolute Gasteiger partial charge is 0.497 e. The number of methoxy groups -OCH3 is 2. The standard InChI is InChI=1S/C17H22N2O6S/c1-6-25-17(20)15-10(2)18-11(3)16(15)26(21,22)19-13-8-7-12(23-4)9-14(13)24-5/h7-9,18-19H,6H2,1-5H3. The van der Waals surface area contributed by atoms with Gasteiger partial charge in [0.15, 0.2) is 0 Å². The molecular weight excluding hydrogens is 360 g/mol. The maximum absolute atomic E-state index is 13.0. The van der Waals surface area contributed by atoms with Crippen molar-refractivity contribution in [3.05, 3.63) is 35.2 Å². The highest BCUT2D eigenvalue weighted by atomic mass is 32.2. The minimum Gasteiger partial charge on any atom is -0.497 e. The molecule has 1 aromatic carbocycles. The summed E-state index contributed by atoms with van der Waals surface area (Å²) in [6.07, 6.45) is 0. The van der Waals surface area contributed by atoms with E-state index in [2.05, 4.69) is 9.71 Å². The maximum Gasteiger partial charge on any atom is 0.341 e. The summed E-state index contributed by atoms with van der Waals surface area (Å²) in [6, 6.07) is 4.68. The molecule has 1 aromatic heterocycles. The summed E-state index contributed by atoms with van der Waals surface area (Å²) in [5.41, 5.74) is 0.972. The molecule has 142 valence electrons. The first-order valence-electron chi connectivity index (χ1n) is 7.86. The molecule has 1 heterocycles. The number of anilines is 1. The average Bonchev–Trinajstić information content (AvgIpc) is 2.90. The number of rotatable bonds is 7. The van der Waals surface area contributed by atoms with E-state index >= 15 is 0 Å². The number of aryl methyl sites for hydroxylation is 2. The Morgan fingerprint density at radius 1 is 1.15 bits per heavy atom. The van der Waals surface area contributed by atoms with Crippen molar-refractivity contribution in [2.75, 3.05) is 25.5 Å². The Hall–Kier alpha value is -2.68. The van der Waals surface area contributed by atoms with E-state index in [0.29, 0.717) is 17.1 Å². The van der Waals surface area contributed by atoms with Gasteiger partial charge in [0.2, 0.25) is 0 Å². The molecule has 0 amide bonds. The maximum atomic E-state index is 13.0. The third kappa shape index (κ3) is 3.77. The molecule has 0 saturated carbocycles. The first-order valence-corrected chi connectivity index (χ1v) is 9.34. The lowest BCUT2D eigenvalue weighted by atomic mass is 10.2. The molecule has 0 saturated heterocycles. The fourth-order valence-electron chi connectivity index (χ4n) is 2.62. The number of benzene rings is 1. The number of esters is 1. The van der Waals surface area contributed by atoms with Crippen molar-refractivity contribution in [1.29, 1.82) is 0 Å². The van der Waals surface area contributed by atoms with Gasteiger partial charge in [-0.15, -0.1) is 0 Å². The minimum absolute atomic E-state index is 0.00988.